The summed E-state index contributed by atoms with van der Waals surface area (Å²) in [6.45, 7) is 0.834. The number of hydrogen-bond acceptors (Lipinski definition) is 7. The third-order valence-corrected chi connectivity index (χ3v) is 5.62. The molecule has 5 rings (SSSR count). The maximum atomic E-state index is 12.8. The fourth-order valence-electron chi connectivity index (χ4n) is 3.86. The van der Waals surface area contributed by atoms with E-state index in [-0.39, 0.29) is 29.8 Å². The van der Waals surface area contributed by atoms with Crippen LogP contribution in [-0.4, -0.2) is 38.9 Å². The molecule has 0 unspecified atom stereocenters. The zero-order valence-corrected chi connectivity index (χ0v) is 18.8. The number of hydrogen-bond donors (Lipinski definition) is 1. The number of carbonyl (C=O) groups excluding carboxylic acids is 1. The molecule has 176 valence electrons. The predicted octanol–water partition coefficient (Wildman–Crippen LogP) is 2.19. The highest BCUT2D eigenvalue weighted by Gasteiger charge is 2.16. The lowest BCUT2D eigenvalue weighted by molar-refractivity contribution is 0.0948. The zero-order chi connectivity index (χ0) is 24.4. The lowest BCUT2D eigenvalue weighted by atomic mass is 10.1. The third kappa shape index (κ3) is 4.29. The minimum absolute atomic E-state index is 0.113. The quantitative estimate of drug-likeness (QED) is 0.361. The number of rotatable bonds is 7. The number of amides is 1. The average Bonchev–Trinajstić information content (AvgIpc) is 3.29. The molecule has 3 aromatic heterocycles. The van der Waals surface area contributed by atoms with Gasteiger partial charge in [0.05, 0.1) is 26.4 Å². The third-order valence-electron chi connectivity index (χ3n) is 5.62. The highest BCUT2D eigenvalue weighted by molar-refractivity contribution is 5.97. The molecular weight excluding hydrogens is 450 g/mol. The second-order valence-corrected chi connectivity index (χ2v) is 7.85. The molecular formula is C25H21N5O5. The van der Waals surface area contributed by atoms with E-state index < -0.39 is 11.5 Å². The molecule has 0 aliphatic carbocycles. The summed E-state index contributed by atoms with van der Waals surface area (Å²) in [5.74, 6) is -0.162. The van der Waals surface area contributed by atoms with Crippen molar-refractivity contribution in [1.29, 1.82) is 0 Å². The molecule has 0 saturated carbocycles. The summed E-state index contributed by atoms with van der Waals surface area (Å²) in [4.78, 5) is 42.2. The van der Waals surface area contributed by atoms with Gasteiger partial charge >= 0.3 is 5.63 Å². The van der Waals surface area contributed by atoms with Crippen LogP contribution in [0, 0.1) is 0 Å². The van der Waals surface area contributed by atoms with E-state index in [1.165, 1.54) is 34.9 Å². The predicted molar refractivity (Wildman–Crippen MR) is 129 cm³/mol. The van der Waals surface area contributed by atoms with Crippen LogP contribution in [0.25, 0.3) is 22.0 Å². The van der Waals surface area contributed by atoms with E-state index in [9.17, 15) is 14.4 Å². The van der Waals surface area contributed by atoms with Crippen molar-refractivity contribution in [3.8, 4) is 5.75 Å². The lowest BCUT2D eigenvalue weighted by Gasteiger charge is -2.08. The maximum absolute atomic E-state index is 12.8. The van der Waals surface area contributed by atoms with E-state index >= 15 is 0 Å². The highest BCUT2D eigenvalue weighted by Crippen LogP contribution is 2.24. The average molecular weight is 471 g/mol. The standard InChI is InChI=1S/C25H21N5O5/c1-34-20-9-5-8-17-12-18(25(33)35-21(17)20)23(31)26-10-11-30-22-19(13-28-30)24(32)29(15-27-22)14-16-6-3-2-4-7-16/h2-9,12-13,15H,10-11,14H2,1H3,(H,26,31). The molecule has 2 aromatic carbocycles. The number of ether oxygens (including phenoxy) is 1. The Balaban J connectivity index is 1.30. The second-order valence-electron chi connectivity index (χ2n) is 7.85. The SMILES string of the molecule is COc1cccc2cc(C(=O)NCCn3ncc4c(=O)n(Cc5ccccc5)cnc43)c(=O)oc12. The summed E-state index contributed by atoms with van der Waals surface area (Å²) in [7, 11) is 1.47. The van der Waals surface area contributed by atoms with Gasteiger partial charge in [-0.1, -0.05) is 42.5 Å². The van der Waals surface area contributed by atoms with Gasteiger partial charge in [-0.3, -0.25) is 14.2 Å². The molecule has 0 atom stereocenters. The van der Waals surface area contributed by atoms with Crippen molar-refractivity contribution < 1.29 is 13.9 Å². The smallest absolute Gasteiger partial charge is 0.349 e. The normalized spacial score (nSPS) is 11.1. The van der Waals surface area contributed by atoms with Gasteiger partial charge in [0, 0.05) is 11.9 Å². The minimum Gasteiger partial charge on any atom is -0.493 e. The fourth-order valence-corrected chi connectivity index (χ4v) is 3.86. The molecule has 0 bridgehead atoms. The largest absolute Gasteiger partial charge is 0.493 e. The molecule has 1 N–H and O–H groups in total. The fraction of sp³-hybridized carbons (Fsp3) is 0.160. The Bertz CT molecular complexity index is 1650. The highest BCUT2D eigenvalue weighted by atomic mass is 16.5. The molecule has 0 aliphatic heterocycles. The van der Waals surface area contributed by atoms with Crippen molar-refractivity contribution in [2.75, 3.05) is 13.7 Å². The molecule has 35 heavy (non-hydrogen) atoms. The summed E-state index contributed by atoms with van der Waals surface area (Å²) in [6, 6.07) is 16.2. The van der Waals surface area contributed by atoms with Crippen molar-refractivity contribution in [2.45, 2.75) is 13.1 Å². The molecule has 0 saturated heterocycles. The number of para-hydroxylation sites is 1. The van der Waals surface area contributed by atoms with Crippen LogP contribution >= 0.6 is 0 Å². The maximum Gasteiger partial charge on any atom is 0.349 e. The van der Waals surface area contributed by atoms with E-state index in [1.807, 2.05) is 30.3 Å². The summed E-state index contributed by atoms with van der Waals surface area (Å²) in [6.07, 6.45) is 2.96. The van der Waals surface area contributed by atoms with Gasteiger partial charge in [0.1, 0.15) is 17.3 Å². The Labute approximate surface area is 198 Å². The van der Waals surface area contributed by atoms with Gasteiger partial charge in [0.25, 0.3) is 11.5 Å². The van der Waals surface area contributed by atoms with Crippen LogP contribution < -0.4 is 21.2 Å². The first kappa shape index (κ1) is 22.1. The van der Waals surface area contributed by atoms with E-state index in [0.717, 1.165) is 5.56 Å². The second kappa shape index (κ2) is 9.26. The Morgan fingerprint density at radius 1 is 1.11 bits per heavy atom. The monoisotopic (exact) mass is 471 g/mol. The van der Waals surface area contributed by atoms with Crippen LogP contribution in [0.15, 0.2) is 81.1 Å². The summed E-state index contributed by atoms with van der Waals surface area (Å²) >= 11 is 0. The number of nitrogens with zero attached hydrogens (tertiary/aromatic N) is 4. The molecule has 0 spiro atoms. The Kier molecular flexibility index (Phi) is 5.84. The van der Waals surface area contributed by atoms with Crippen molar-refractivity contribution in [1.82, 2.24) is 24.6 Å². The lowest BCUT2D eigenvalue weighted by Crippen LogP contribution is -2.31. The summed E-state index contributed by atoms with van der Waals surface area (Å²) in [5, 5.41) is 7.90. The van der Waals surface area contributed by atoms with Gasteiger partial charge in [0.15, 0.2) is 17.0 Å². The molecule has 0 radical (unpaired) electrons. The van der Waals surface area contributed by atoms with Crippen molar-refractivity contribution >= 4 is 27.9 Å². The number of benzene rings is 2. The molecule has 3 heterocycles. The van der Waals surface area contributed by atoms with Crippen LogP contribution in [0.2, 0.25) is 0 Å². The zero-order valence-electron chi connectivity index (χ0n) is 18.8. The summed E-state index contributed by atoms with van der Waals surface area (Å²) in [5.41, 5.74) is 0.623. The first-order valence-electron chi connectivity index (χ1n) is 10.9. The Morgan fingerprint density at radius 3 is 2.74 bits per heavy atom. The molecule has 5 aromatic rings. The van der Waals surface area contributed by atoms with Crippen LogP contribution in [0.5, 0.6) is 5.75 Å². The minimum atomic E-state index is -0.760. The number of aromatic nitrogens is 4. The van der Waals surface area contributed by atoms with Crippen molar-refractivity contribution in [2.24, 2.45) is 0 Å². The van der Waals surface area contributed by atoms with Crippen LogP contribution in [0.1, 0.15) is 15.9 Å². The van der Waals surface area contributed by atoms with E-state index in [2.05, 4.69) is 15.4 Å². The van der Waals surface area contributed by atoms with Crippen LogP contribution in [0.3, 0.4) is 0 Å². The Hall–Kier alpha value is -4.73. The van der Waals surface area contributed by atoms with Gasteiger partial charge in [-0.25, -0.2) is 14.5 Å². The van der Waals surface area contributed by atoms with Gasteiger partial charge in [-0.2, -0.15) is 5.10 Å². The molecule has 0 fully saturated rings. The molecule has 10 heteroatoms. The molecule has 1 amide bonds. The van der Waals surface area contributed by atoms with Gasteiger partial charge in [0.2, 0.25) is 0 Å². The van der Waals surface area contributed by atoms with Gasteiger partial charge < -0.3 is 14.5 Å². The first-order chi connectivity index (χ1) is 17.0. The molecule has 0 aliphatic rings. The van der Waals surface area contributed by atoms with Gasteiger partial charge in [-0.05, 0) is 17.7 Å². The van der Waals surface area contributed by atoms with E-state index in [1.54, 1.807) is 18.2 Å². The topological polar surface area (TPSA) is 121 Å². The number of methoxy groups -OCH3 is 1. The molecule has 10 nitrogen and oxygen atoms in total. The van der Waals surface area contributed by atoms with Crippen LogP contribution in [0.4, 0.5) is 0 Å². The van der Waals surface area contributed by atoms with E-state index in [0.29, 0.717) is 28.7 Å². The summed E-state index contributed by atoms with van der Waals surface area (Å²) < 4.78 is 13.6. The van der Waals surface area contributed by atoms with E-state index in [4.69, 9.17) is 9.15 Å². The number of nitrogens with one attached hydrogen (secondary N) is 1. The number of fused-ring (bicyclic) bond motifs is 2. The number of carbonyl (C=O) groups is 1. The van der Waals surface area contributed by atoms with Crippen molar-refractivity contribution in [3.63, 3.8) is 0 Å². The van der Waals surface area contributed by atoms with Gasteiger partial charge in [-0.15, -0.1) is 0 Å². The Morgan fingerprint density at radius 2 is 1.94 bits per heavy atom. The first-order valence-corrected chi connectivity index (χ1v) is 10.9. The van der Waals surface area contributed by atoms with Crippen molar-refractivity contribution in [3.05, 3.63) is 99.0 Å². The van der Waals surface area contributed by atoms with Crippen LogP contribution in [-0.2, 0) is 13.1 Å².